The summed E-state index contributed by atoms with van der Waals surface area (Å²) >= 11 is 2.73. The fourth-order valence-corrected chi connectivity index (χ4v) is 6.07. The first-order chi connectivity index (χ1) is 16.0. The van der Waals surface area contributed by atoms with Gasteiger partial charge in [-0.3, -0.25) is 19.3 Å². The maximum Gasteiger partial charge on any atom is 0.397 e. The molecule has 1 fully saturated rings. The second kappa shape index (κ2) is 10.9. The number of halogens is 3. The highest BCUT2D eigenvalue weighted by atomic mass is 32.2. The van der Waals surface area contributed by atoms with Crippen molar-refractivity contribution in [1.29, 1.82) is 0 Å². The van der Waals surface area contributed by atoms with Gasteiger partial charge in [0.1, 0.15) is 17.1 Å². The number of nitrogens with two attached hydrogens (primary N) is 1. The molecule has 0 aliphatic carbocycles. The van der Waals surface area contributed by atoms with Crippen molar-refractivity contribution in [3.63, 3.8) is 0 Å². The van der Waals surface area contributed by atoms with Gasteiger partial charge in [-0.1, -0.05) is 11.8 Å². The molecule has 3 heterocycles. The Hall–Kier alpha value is -2.47. The molecule has 1 saturated heterocycles. The van der Waals surface area contributed by atoms with Crippen LogP contribution in [0.1, 0.15) is 6.42 Å². The van der Waals surface area contributed by atoms with Crippen molar-refractivity contribution < 1.29 is 37.5 Å². The molecule has 1 unspecified atom stereocenters. The minimum Gasteiger partial charge on any atom is -0.477 e. The molecule has 0 saturated carbocycles. The molecule has 12 nitrogen and oxygen atoms in total. The highest BCUT2D eigenvalue weighted by Crippen LogP contribution is 2.41. The third-order valence-electron chi connectivity index (χ3n) is 4.51. The monoisotopic (exact) mass is 541 g/mol. The van der Waals surface area contributed by atoms with Crippen LogP contribution in [0.25, 0.3) is 0 Å². The lowest BCUT2D eigenvalue weighted by atomic mass is 10.0. The first-order valence-electron chi connectivity index (χ1n) is 9.49. The van der Waals surface area contributed by atoms with Gasteiger partial charge in [-0.25, -0.2) is 9.48 Å². The van der Waals surface area contributed by atoms with Crippen LogP contribution >= 0.6 is 35.3 Å². The summed E-state index contributed by atoms with van der Waals surface area (Å²) in [5, 5.41) is 22.8. The molecule has 3 rings (SSSR count). The molecule has 3 amide bonds. The molecule has 1 aromatic heterocycles. The molecule has 18 heteroatoms. The Bertz CT molecular complexity index is 1020. The lowest BCUT2D eigenvalue weighted by Crippen LogP contribution is -2.70. The number of aromatic nitrogens is 4. The summed E-state index contributed by atoms with van der Waals surface area (Å²) in [6, 6.07) is -1.02. The number of hydrogen-bond donors (Lipinski definition) is 3. The first kappa shape index (κ1) is 26.1. The zero-order valence-electron chi connectivity index (χ0n) is 17.1. The predicted octanol–water partition coefficient (Wildman–Crippen LogP) is -0.325. The summed E-state index contributed by atoms with van der Waals surface area (Å²) in [6.45, 7) is 0.152. The Morgan fingerprint density at radius 3 is 2.71 bits per heavy atom. The molecule has 2 atom stereocenters. The van der Waals surface area contributed by atoms with Crippen molar-refractivity contribution in [3.05, 3.63) is 11.3 Å². The average molecular weight is 542 g/mol. The van der Waals surface area contributed by atoms with Crippen molar-refractivity contribution in [3.8, 4) is 0 Å². The molecular weight excluding hydrogens is 523 g/mol. The van der Waals surface area contributed by atoms with Crippen LogP contribution in [0.2, 0.25) is 0 Å². The van der Waals surface area contributed by atoms with Gasteiger partial charge in [0.25, 0.3) is 5.91 Å². The fraction of sp³-hybridized carbons (Fsp3) is 0.562. The third kappa shape index (κ3) is 6.35. The number of aryl methyl sites for hydroxylation is 1. The van der Waals surface area contributed by atoms with Crippen LogP contribution < -0.4 is 11.1 Å². The van der Waals surface area contributed by atoms with Crippen LogP contribution in [0.5, 0.6) is 0 Å². The van der Waals surface area contributed by atoms with Crippen molar-refractivity contribution in [2.45, 2.75) is 35.7 Å². The van der Waals surface area contributed by atoms with Gasteiger partial charge in [-0.15, -0.1) is 28.6 Å². The van der Waals surface area contributed by atoms with Crippen molar-refractivity contribution in [1.82, 2.24) is 30.4 Å². The van der Waals surface area contributed by atoms with Crippen LogP contribution in [0.3, 0.4) is 0 Å². The number of nitrogens with one attached hydrogen (secondary N) is 1. The first-order valence-corrected chi connectivity index (χ1v) is 12.7. The number of amides is 3. The third-order valence-corrected chi connectivity index (χ3v) is 7.89. The van der Waals surface area contributed by atoms with Crippen LogP contribution in [0, 0.1) is 0 Å². The van der Waals surface area contributed by atoms with Crippen LogP contribution in [-0.2, 0) is 25.7 Å². The summed E-state index contributed by atoms with van der Waals surface area (Å²) < 4.78 is 38.0. The number of hydrogen-bond acceptors (Lipinski definition) is 10. The SMILES string of the molecule is NC(=O)CCn1nnnc1SCC1=C(C(=O)O)N2C(=O)C(NC(=O)CSCC(F)(F)F)[C@H]2SC1. The molecule has 4 N–H and O–H groups in total. The number of carbonyl (C=O) groups excluding carboxylic acids is 3. The fourth-order valence-electron chi connectivity index (χ4n) is 3.08. The van der Waals surface area contributed by atoms with E-state index in [2.05, 4.69) is 20.8 Å². The molecule has 0 bridgehead atoms. The quantitative estimate of drug-likeness (QED) is 0.247. The standard InChI is InChI=1S/C16H18F3N7O5S3/c17-16(18,19)6-32-5-9(28)21-10-12(29)26-11(14(30)31)7(3-33-13(10)26)4-34-15-22-23-24-25(15)2-1-8(20)27/h10,13H,1-6H2,(H2,20,27)(H,21,28)(H,30,31)/t10?,13-/m1/s1. The normalized spacial score (nSPS) is 20.1. The highest BCUT2D eigenvalue weighted by molar-refractivity contribution is 8.01. The van der Waals surface area contributed by atoms with E-state index in [1.54, 1.807) is 0 Å². The lowest BCUT2D eigenvalue weighted by Gasteiger charge is -2.49. The van der Waals surface area contributed by atoms with E-state index in [-0.39, 0.29) is 30.2 Å². The van der Waals surface area contributed by atoms with Gasteiger partial charge in [0.05, 0.1) is 18.1 Å². The summed E-state index contributed by atoms with van der Waals surface area (Å²) in [7, 11) is 0. The Labute approximate surface area is 202 Å². The molecule has 2 aliphatic rings. The van der Waals surface area contributed by atoms with E-state index in [4.69, 9.17) is 5.73 Å². The minimum atomic E-state index is -4.41. The second-order valence-corrected chi connectivity index (χ2v) is 10.0. The van der Waals surface area contributed by atoms with Gasteiger partial charge in [-0.05, 0) is 16.0 Å². The number of carboxylic acid groups (broad SMARTS) is 1. The van der Waals surface area contributed by atoms with Gasteiger partial charge in [0, 0.05) is 17.9 Å². The van der Waals surface area contributed by atoms with Crippen molar-refractivity contribution in [2.75, 3.05) is 23.0 Å². The number of primary amides is 1. The summed E-state index contributed by atoms with van der Waals surface area (Å²) in [4.78, 5) is 48.5. The van der Waals surface area contributed by atoms with Gasteiger partial charge in [0.15, 0.2) is 0 Å². The van der Waals surface area contributed by atoms with E-state index < -0.39 is 52.8 Å². The molecule has 0 radical (unpaired) electrons. The van der Waals surface area contributed by atoms with Crippen LogP contribution in [0.4, 0.5) is 13.2 Å². The predicted molar refractivity (Wildman–Crippen MR) is 115 cm³/mol. The van der Waals surface area contributed by atoms with Gasteiger partial charge in [0.2, 0.25) is 17.0 Å². The van der Waals surface area contributed by atoms with Gasteiger partial charge < -0.3 is 16.2 Å². The molecule has 0 aromatic carbocycles. The number of nitrogens with zero attached hydrogens (tertiary/aromatic N) is 5. The number of thioether (sulfide) groups is 3. The minimum absolute atomic E-state index is 0.0172. The van der Waals surface area contributed by atoms with E-state index in [0.717, 1.165) is 16.7 Å². The van der Waals surface area contributed by atoms with E-state index in [1.807, 2.05) is 0 Å². The summed E-state index contributed by atoms with van der Waals surface area (Å²) in [6.07, 6.45) is -4.39. The van der Waals surface area contributed by atoms with Gasteiger partial charge in [-0.2, -0.15) is 13.2 Å². The maximum absolute atomic E-state index is 12.6. The Balaban J connectivity index is 1.62. The highest BCUT2D eigenvalue weighted by Gasteiger charge is 2.54. The second-order valence-electron chi connectivity index (χ2n) is 7.01. The Morgan fingerprint density at radius 1 is 1.32 bits per heavy atom. The zero-order chi connectivity index (χ0) is 25.0. The Morgan fingerprint density at radius 2 is 2.06 bits per heavy atom. The molecular formula is C16H18F3N7O5S3. The van der Waals surface area contributed by atoms with Gasteiger partial charge >= 0.3 is 12.1 Å². The van der Waals surface area contributed by atoms with Crippen molar-refractivity contribution >= 4 is 59.0 Å². The molecule has 2 aliphatic heterocycles. The smallest absolute Gasteiger partial charge is 0.397 e. The Kier molecular flexibility index (Phi) is 8.34. The number of carboxylic acids is 1. The number of β-lactam (4-membered cyclic amide) rings is 1. The lowest BCUT2D eigenvalue weighted by molar-refractivity contribution is -0.150. The maximum atomic E-state index is 12.6. The van der Waals surface area contributed by atoms with Crippen LogP contribution in [-0.4, -0.2) is 94.5 Å². The van der Waals surface area contributed by atoms with E-state index >= 15 is 0 Å². The molecule has 34 heavy (non-hydrogen) atoms. The number of fused-ring (bicyclic) bond motifs is 1. The number of carbonyl (C=O) groups is 4. The topological polar surface area (TPSA) is 173 Å². The number of alkyl halides is 3. The van der Waals surface area contributed by atoms with E-state index in [9.17, 15) is 37.5 Å². The number of aliphatic carboxylic acids is 1. The van der Waals surface area contributed by atoms with Crippen molar-refractivity contribution in [2.24, 2.45) is 5.73 Å². The average Bonchev–Trinajstić information content (AvgIpc) is 3.20. The van der Waals surface area contributed by atoms with E-state index in [1.165, 1.54) is 16.4 Å². The number of rotatable bonds is 11. The summed E-state index contributed by atoms with van der Waals surface area (Å²) in [5.41, 5.74) is 5.34. The van der Waals surface area contributed by atoms with Crippen LogP contribution in [0.15, 0.2) is 16.4 Å². The van der Waals surface area contributed by atoms with E-state index in [0.29, 0.717) is 22.5 Å². The summed E-state index contributed by atoms with van der Waals surface area (Å²) in [5.74, 6) is -4.54. The molecule has 186 valence electrons. The molecule has 0 spiro atoms. The largest absolute Gasteiger partial charge is 0.477 e. The number of tetrazole rings is 1. The zero-order valence-corrected chi connectivity index (χ0v) is 19.6. The molecule has 1 aromatic rings.